The molecule has 8 rings (SSSR count). The summed E-state index contributed by atoms with van der Waals surface area (Å²) in [6, 6.07) is 0. The van der Waals surface area contributed by atoms with Gasteiger partial charge in [-0.1, -0.05) is 106 Å². The molecular weight excluding hydrogens is 565 g/mol. The Kier molecular flexibility index (Phi) is 9.58. The second kappa shape index (κ2) is 13.2. The molecule has 8 saturated carbocycles. The summed E-state index contributed by atoms with van der Waals surface area (Å²) < 4.78 is 0. The average molecular weight is 645 g/mol. The lowest BCUT2D eigenvalue weighted by Crippen LogP contribution is -2.52. The minimum Gasteiger partial charge on any atom is -0.0651 e. The molecule has 0 radical (unpaired) electrons. The summed E-state index contributed by atoms with van der Waals surface area (Å²) >= 11 is 0. The van der Waals surface area contributed by atoms with Gasteiger partial charge in [-0.2, -0.15) is 0 Å². The Morgan fingerprint density at radius 3 is 1.72 bits per heavy atom. The van der Waals surface area contributed by atoms with E-state index in [1.807, 2.05) is 0 Å². The van der Waals surface area contributed by atoms with Crippen LogP contribution in [0.3, 0.4) is 0 Å². The van der Waals surface area contributed by atoms with Crippen LogP contribution in [0.25, 0.3) is 0 Å². The van der Waals surface area contributed by atoms with E-state index < -0.39 is 0 Å². The van der Waals surface area contributed by atoms with E-state index in [-0.39, 0.29) is 0 Å². The molecular formula is C47H80. The van der Waals surface area contributed by atoms with Crippen molar-refractivity contribution < 1.29 is 0 Å². The molecule has 15 atom stereocenters. The predicted molar refractivity (Wildman–Crippen MR) is 201 cm³/mol. The fourth-order valence-corrected chi connectivity index (χ4v) is 18.2. The first-order valence-corrected chi connectivity index (χ1v) is 22.7. The van der Waals surface area contributed by atoms with Crippen molar-refractivity contribution in [3.8, 4) is 0 Å². The van der Waals surface area contributed by atoms with E-state index >= 15 is 0 Å². The highest BCUT2D eigenvalue weighted by atomic mass is 14.7. The number of fused-ring (bicyclic) bond motifs is 13. The van der Waals surface area contributed by atoms with Gasteiger partial charge >= 0.3 is 0 Å². The second-order valence-corrected chi connectivity index (χ2v) is 21.5. The van der Waals surface area contributed by atoms with Crippen molar-refractivity contribution in [2.75, 3.05) is 0 Å². The van der Waals surface area contributed by atoms with Gasteiger partial charge < -0.3 is 0 Å². The first-order chi connectivity index (χ1) is 22.7. The molecule has 1 spiro atoms. The Hall–Kier alpha value is 0. The molecule has 0 aliphatic heterocycles. The number of hydrogen-bond donors (Lipinski definition) is 0. The van der Waals surface area contributed by atoms with Crippen molar-refractivity contribution in [3.05, 3.63) is 0 Å². The van der Waals surface area contributed by atoms with Crippen LogP contribution < -0.4 is 0 Å². The van der Waals surface area contributed by atoms with E-state index in [4.69, 9.17) is 0 Å². The van der Waals surface area contributed by atoms with Gasteiger partial charge in [-0.05, 0) is 188 Å². The van der Waals surface area contributed by atoms with Gasteiger partial charge in [-0.25, -0.2) is 0 Å². The fourth-order valence-electron chi connectivity index (χ4n) is 18.2. The topological polar surface area (TPSA) is 0 Å². The predicted octanol–water partition coefficient (Wildman–Crippen LogP) is 13.9. The van der Waals surface area contributed by atoms with Gasteiger partial charge in [0, 0.05) is 0 Å². The SMILES string of the molecule is CCC(CC)C1CC(C(CC)CC)CC2(C1)C1CCC3C4CCC5CCCCC5C4CC3C1C1CC(C(C)(C)C)C3CCCCC3C12. The minimum absolute atomic E-state index is 0.478. The molecule has 8 fully saturated rings. The van der Waals surface area contributed by atoms with Crippen LogP contribution in [-0.2, 0) is 0 Å². The molecule has 0 aromatic rings. The summed E-state index contributed by atoms with van der Waals surface area (Å²) in [5.74, 6) is 18.1. The number of hydrogen-bond acceptors (Lipinski definition) is 0. The molecule has 0 aromatic heterocycles. The Morgan fingerprint density at radius 2 is 1.09 bits per heavy atom. The fraction of sp³-hybridized carbons (Fsp3) is 1.00. The maximum absolute atomic E-state index is 2.68. The summed E-state index contributed by atoms with van der Waals surface area (Å²) in [7, 11) is 0. The highest BCUT2D eigenvalue weighted by Crippen LogP contribution is 2.77. The molecule has 0 bridgehead atoms. The van der Waals surface area contributed by atoms with Crippen molar-refractivity contribution in [1.82, 2.24) is 0 Å². The first kappa shape index (κ1) is 34.1. The molecule has 0 heteroatoms. The van der Waals surface area contributed by atoms with Crippen molar-refractivity contribution in [2.45, 2.75) is 183 Å². The molecule has 0 heterocycles. The van der Waals surface area contributed by atoms with Crippen molar-refractivity contribution in [1.29, 1.82) is 0 Å². The maximum Gasteiger partial charge on any atom is -0.0227 e. The van der Waals surface area contributed by atoms with Gasteiger partial charge in [0.25, 0.3) is 0 Å². The van der Waals surface area contributed by atoms with Gasteiger partial charge in [0.1, 0.15) is 0 Å². The highest BCUT2D eigenvalue weighted by molar-refractivity contribution is 5.19. The monoisotopic (exact) mass is 645 g/mol. The summed E-state index contributed by atoms with van der Waals surface area (Å²) in [6.07, 6.45) is 33.1. The third-order valence-electron chi connectivity index (χ3n) is 19.5. The van der Waals surface area contributed by atoms with Crippen molar-refractivity contribution in [3.63, 3.8) is 0 Å². The van der Waals surface area contributed by atoms with Crippen LogP contribution in [0.2, 0.25) is 0 Å². The maximum atomic E-state index is 2.68. The van der Waals surface area contributed by atoms with Crippen molar-refractivity contribution in [2.24, 2.45) is 111 Å². The van der Waals surface area contributed by atoms with Gasteiger partial charge in [0.15, 0.2) is 0 Å². The first-order valence-electron chi connectivity index (χ1n) is 22.7. The molecule has 0 amide bonds. The zero-order valence-electron chi connectivity index (χ0n) is 32.7. The van der Waals surface area contributed by atoms with Gasteiger partial charge in [0.2, 0.25) is 0 Å². The van der Waals surface area contributed by atoms with E-state index in [0.29, 0.717) is 10.8 Å². The lowest BCUT2D eigenvalue weighted by Gasteiger charge is -2.59. The Balaban J connectivity index is 1.23. The third kappa shape index (κ3) is 5.44. The summed E-state index contributed by atoms with van der Waals surface area (Å²) in [5.41, 5.74) is 1.16. The van der Waals surface area contributed by atoms with Crippen LogP contribution in [0.1, 0.15) is 183 Å². The molecule has 0 saturated heterocycles. The molecule has 8 aliphatic carbocycles. The van der Waals surface area contributed by atoms with E-state index in [1.165, 1.54) is 32.1 Å². The largest absolute Gasteiger partial charge is 0.0651 e. The van der Waals surface area contributed by atoms with Crippen LogP contribution in [-0.4, -0.2) is 0 Å². The third-order valence-corrected chi connectivity index (χ3v) is 19.5. The molecule has 0 nitrogen and oxygen atoms in total. The van der Waals surface area contributed by atoms with Gasteiger partial charge in [-0.3, -0.25) is 0 Å². The Labute approximate surface area is 293 Å². The molecule has 268 valence electrons. The quantitative estimate of drug-likeness (QED) is 0.270. The van der Waals surface area contributed by atoms with Crippen LogP contribution in [0, 0.1) is 111 Å². The van der Waals surface area contributed by atoms with Crippen molar-refractivity contribution >= 4 is 0 Å². The Bertz CT molecular complexity index is 1030. The zero-order valence-corrected chi connectivity index (χ0v) is 32.7. The standard InChI is InChI=1S/C47H80/c1-8-29(9-2)32-24-33(30(10-3)11-4)28-47(27-32)42-23-22-36-35-21-20-31-16-12-13-17-34(31)39(35)25-40(36)44(42)41-26-43(46(5,6)7)37-18-14-15-19-38(37)45(41)47/h29-45H,8-28H2,1-7H3. The smallest absolute Gasteiger partial charge is 0.0227 e. The molecule has 47 heavy (non-hydrogen) atoms. The normalized spacial score (nSPS) is 50.9. The lowest BCUT2D eigenvalue weighted by molar-refractivity contribution is -0.106. The second-order valence-electron chi connectivity index (χ2n) is 21.5. The highest BCUT2D eigenvalue weighted by Gasteiger charge is 2.70. The van der Waals surface area contributed by atoms with E-state index in [9.17, 15) is 0 Å². The zero-order chi connectivity index (χ0) is 32.7. The van der Waals surface area contributed by atoms with E-state index in [2.05, 4.69) is 48.5 Å². The van der Waals surface area contributed by atoms with Crippen LogP contribution >= 0.6 is 0 Å². The van der Waals surface area contributed by atoms with Gasteiger partial charge in [-0.15, -0.1) is 0 Å². The van der Waals surface area contributed by atoms with E-state index in [0.717, 1.165) is 101 Å². The molecule has 0 N–H and O–H groups in total. The summed E-state index contributed by atoms with van der Waals surface area (Å²) in [6.45, 7) is 18.3. The molecule has 0 aromatic carbocycles. The lowest BCUT2D eigenvalue weighted by atomic mass is 9.45. The van der Waals surface area contributed by atoms with Crippen LogP contribution in [0.4, 0.5) is 0 Å². The average Bonchev–Trinajstić information content (AvgIpc) is 3.59. The van der Waals surface area contributed by atoms with E-state index in [1.54, 1.807) is 103 Å². The number of rotatable bonds is 6. The van der Waals surface area contributed by atoms with Gasteiger partial charge in [0.05, 0.1) is 0 Å². The Morgan fingerprint density at radius 1 is 0.511 bits per heavy atom. The van der Waals surface area contributed by atoms with Crippen LogP contribution in [0.5, 0.6) is 0 Å². The van der Waals surface area contributed by atoms with Crippen LogP contribution in [0.15, 0.2) is 0 Å². The summed E-state index contributed by atoms with van der Waals surface area (Å²) in [5, 5.41) is 0. The summed E-state index contributed by atoms with van der Waals surface area (Å²) in [4.78, 5) is 0. The molecule has 8 aliphatic rings. The molecule has 15 unspecified atom stereocenters. The minimum atomic E-state index is 0.478.